The number of nitrogens with one attached hydrogen (secondary N) is 1. The Balaban J connectivity index is 1.55. The van der Waals surface area contributed by atoms with Crippen molar-refractivity contribution in [3.8, 4) is 5.75 Å². The first kappa shape index (κ1) is 28.8. The summed E-state index contributed by atoms with van der Waals surface area (Å²) < 4.78 is 5.68. The van der Waals surface area contributed by atoms with Crippen LogP contribution in [0.15, 0.2) is 69.1 Å². The molecule has 0 fully saturated rings. The lowest BCUT2D eigenvalue weighted by molar-refractivity contribution is 0.417. The van der Waals surface area contributed by atoms with E-state index in [-0.39, 0.29) is 0 Å². The predicted octanol–water partition coefficient (Wildman–Crippen LogP) is 9.59. The Hall–Kier alpha value is -3.17. The van der Waals surface area contributed by atoms with Gasteiger partial charge in [0.15, 0.2) is 10.3 Å². The second-order valence-corrected chi connectivity index (χ2v) is 11.4. The van der Waals surface area contributed by atoms with Gasteiger partial charge in [-0.3, -0.25) is 0 Å². The second kappa shape index (κ2) is 14.3. The molecule has 4 rings (SSSR count). The molecular formula is C30H36N6OS2. The predicted molar refractivity (Wildman–Crippen MR) is 165 cm³/mol. The number of azo groups is 1. The van der Waals surface area contributed by atoms with Crippen molar-refractivity contribution < 1.29 is 4.74 Å². The fourth-order valence-corrected chi connectivity index (χ4v) is 5.88. The molecule has 1 heterocycles. The fourth-order valence-electron chi connectivity index (χ4n) is 3.98. The molecule has 0 aliphatic rings. The Kier molecular flexibility index (Phi) is 10.6. The van der Waals surface area contributed by atoms with E-state index < -0.39 is 0 Å². The van der Waals surface area contributed by atoms with Gasteiger partial charge >= 0.3 is 0 Å². The van der Waals surface area contributed by atoms with E-state index >= 15 is 0 Å². The number of nitrogens with zero attached hydrogens (tertiary/aromatic N) is 5. The first-order chi connectivity index (χ1) is 19.0. The minimum atomic E-state index is 0.512. The van der Waals surface area contributed by atoms with E-state index in [4.69, 9.17) is 4.74 Å². The number of rotatable bonds is 13. The molecule has 1 aromatic heterocycles. The second-order valence-electron chi connectivity index (χ2n) is 9.27. The van der Waals surface area contributed by atoms with E-state index in [1.807, 2.05) is 18.2 Å². The third-order valence-corrected chi connectivity index (χ3v) is 8.04. The van der Waals surface area contributed by atoms with Crippen LogP contribution < -0.4 is 10.1 Å². The van der Waals surface area contributed by atoms with Crippen molar-refractivity contribution in [3.05, 3.63) is 59.7 Å². The van der Waals surface area contributed by atoms with Gasteiger partial charge in [-0.25, -0.2) is 0 Å². The van der Waals surface area contributed by atoms with Crippen LogP contribution in [-0.2, 0) is 0 Å². The van der Waals surface area contributed by atoms with Crippen molar-refractivity contribution >= 4 is 57.3 Å². The van der Waals surface area contributed by atoms with Crippen LogP contribution in [0, 0.1) is 13.8 Å². The Morgan fingerprint density at radius 1 is 0.769 bits per heavy atom. The molecule has 0 saturated carbocycles. The quantitative estimate of drug-likeness (QED) is 0.0989. The van der Waals surface area contributed by atoms with Crippen molar-refractivity contribution in [2.75, 3.05) is 23.9 Å². The highest BCUT2D eigenvalue weighted by atomic mass is 32.2. The molecular weight excluding hydrogens is 525 g/mol. The molecule has 0 aliphatic carbocycles. The summed E-state index contributed by atoms with van der Waals surface area (Å²) in [6.07, 6.45) is 4.53. The lowest BCUT2D eigenvalue weighted by atomic mass is 10.0. The minimum Gasteiger partial charge on any atom is -0.494 e. The summed E-state index contributed by atoms with van der Waals surface area (Å²) in [6.45, 7) is 8.59. The molecule has 0 radical (unpaired) electrons. The van der Waals surface area contributed by atoms with Gasteiger partial charge in [0, 0.05) is 17.6 Å². The number of anilines is 2. The van der Waals surface area contributed by atoms with Crippen LogP contribution in [0.5, 0.6) is 5.75 Å². The smallest absolute Gasteiger partial charge is 0.232 e. The number of methoxy groups -OCH3 is 1. The summed E-state index contributed by atoms with van der Waals surface area (Å²) in [5.74, 6) is 3.12. The highest BCUT2D eigenvalue weighted by molar-refractivity contribution is 7.99. The third-order valence-electron chi connectivity index (χ3n) is 6.17. The van der Waals surface area contributed by atoms with Crippen molar-refractivity contribution in [2.45, 2.75) is 63.7 Å². The van der Waals surface area contributed by atoms with Crippen LogP contribution in [0.1, 0.15) is 50.7 Å². The van der Waals surface area contributed by atoms with Crippen LogP contribution in [0.25, 0.3) is 10.8 Å². The molecule has 3 aromatic carbocycles. The minimum absolute atomic E-state index is 0.512. The zero-order chi connectivity index (χ0) is 27.6. The van der Waals surface area contributed by atoms with Gasteiger partial charge in [0.05, 0.1) is 24.2 Å². The molecule has 1 N–H and O–H groups in total. The van der Waals surface area contributed by atoms with Gasteiger partial charge in [0.1, 0.15) is 5.75 Å². The van der Waals surface area contributed by atoms with Crippen molar-refractivity contribution in [3.63, 3.8) is 0 Å². The average molecular weight is 561 g/mol. The number of aryl methyl sites for hydroxylation is 2. The maximum Gasteiger partial charge on any atom is 0.232 e. The van der Waals surface area contributed by atoms with E-state index in [0.717, 1.165) is 58.9 Å². The van der Waals surface area contributed by atoms with Crippen LogP contribution in [0.2, 0.25) is 0 Å². The molecule has 7 nitrogen and oxygen atoms in total. The van der Waals surface area contributed by atoms with E-state index in [9.17, 15) is 0 Å². The number of hydrogen-bond acceptors (Lipinski definition) is 9. The number of fused-ring (bicyclic) bond motifs is 1. The van der Waals surface area contributed by atoms with E-state index in [2.05, 4.69) is 88.5 Å². The van der Waals surface area contributed by atoms with E-state index in [1.54, 1.807) is 30.6 Å². The number of benzene rings is 3. The van der Waals surface area contributed by atoms with Crippen LogP contribution in [0.3, 0.4) is 0 Å². The largest absolute Gasteiger partial charge is 0.494 e. The SMILES string of the molecule is CCCCSc1nc(Nc2ccc(N=Nc3cc(C)c4cccc(C)c4c3)cc2OC)nc(SCCCC)n1. The molecule has 0 bridgehead atoms. The molecule has 39 heavy (non-hydrogen) atoms. The van der Waals surface area contributed by atoms with Gasteiger partial charge < -0.3 is 10.1 Å². The van der Waals surface area contributed by atoms with Gasteiger partial charge in [-0.15, -0.1) is 0 Å². The molecule has 0 spiro atoms. The Bertz CT molecular complexity index is 1410. The zero-order valence-electron chi connectivity index (χ0n) is 23.3. The maximum absolute atomic E-state index is 5.68. The van der Waals surface area contributed by atoms with Gasteiger partial charge in [0.25, 0.3) is 0 Å². The third kappa shape index (κ3) is 7.92. The maximum atomic E-state index is 5.68. The Morgan fingerprint density at radius 2 is 1.46 bits per heavy atom. The van der Waals surface area contributed by atoms with Crippen molar-refractivity contribution in [2.24, 2.45) is 10.2 Å². The molecule has 0 aliphatic heterocycles. The molecule has 204 valence electrons. The van der Waals surface area contributed by atoms with Gasteiger partial charge in [0.2, 0.25) is 5.95 Å². The van der Waals surface area contributed by atoms with Crippen LogP contribution in [0.4, 0.5) is 23.0 Å². The van der Waals surface area contributed by atoms with Gasteiger partial charge in [-0.2, -0.15) is 25.2 Å². The molecule has 0 saturated heterocycles. The number of hydrogen-bond donors (Lipinski definition) is 1. The van der Waals surface area contributed by atoms with Crippen molar-refractivity contribution in [1.29, 1.82) is 0 Å². The molecule has 0 unspecified atom stereocenters. The van der Waals surface area contributed by atoms with Crippen LogP contribution >= 0.6 is 23.5 Å². The van der Waals surface area contributed by atoms with Crippen LogP contribution in [-0.4, -0.2) is 33.6 Å². The average Bonchev–Trinajstić information content (AvgIpc) is 2.93. The number of thioether (sulfide) groups is 2. The number of ether oxygens (including phenoxy) is 1. The lowest BCUT2D eigenvalue weighted by Gasteiger charge is -2.12. The normalized spacial score (nSPS) is 11.4. The highest BCUT2D eigenvalue weighted by Gasteiger charge is 2.12. The standard InChI is InChI=1S/C30H36N6OS2/c1-6-8-15-38-29-32-28(33-30(34-29)39-16-9-7-2)31-26-14-13-22(19-27(26)37-5)35-36-23-17-21(4)24-12-10-11-20(3)25(24)18-23/h10-14,17-19H,6-9,15-16H2,1-5H3,(H,31,32,33,34). The molecule has 4 aromatic rings. The summed E-state index contributed by atoms with van der Waals surface area (Å²) in [6, 6.07) is 16.2. The summed E-state index contributed by atoms with van der Waals surface area (Å²) >= 11 is 3.34. The Morgan fingerprint density at radius 3 is 2.13 bits per heavy atom. The summed E-state index contributed by atoms with van der Waals surface area (Å²) in [5, 5.41) is 16.3. The number of unbranched alkanes of at least 4 members (excludes halogenated alkanes) is 2. The monoisotopic (exact) mass is 560 g/mol. The first-order valence-electron chi connectivity index (χ1n) is 13.4. The molecule has 9 heteroatoms. The summed E-state index contributed by atoms with van der Waals surface area (Å²) in [7, 11) is 1.64. The molecule has 0 amide bonds. The first-order valence-corrected chi connectivity index (χ1v) is 15.4. The summed E-state index contributed by atoms with van der Waals surface area (Å²) in [4.78, 5) is 14.0. The number of aromatic nitrogens is 3. The zero-order valence-corrected chi connectivity index (χ0v) is 25.0. The van der Waals surface area contributed by atoms with Gasteiger partial charge in [-0.1, -0.05) is 68.4 Å². The molecule has 0 atom stereocenters. The topological polar surface area (TPSA) is 84.7 Å². The van der Waals surface area contributed by atoms with E-state index in [0.29, 0.717) is 17.4 Å². The van der Waals surface area contributed by atoms with Gasteiger partial charge in [-0.05, 0) is 72.9 Å². The van der Waals surface area contributed by atoms with Crippen molar-refractivity contribution in [1.82, 2.24) is 15.0 Å². The fraction of sp³-hybridized carbons (Fsp3) is 0.367. The Labute approximate surface area is 239 Å². The lowest BCUT2D eigenvalue weighted by Crippen LogP contribution is -2.03. The van der Waals surface area contributed by atoms with E-state index in [1.165, 1.54) is 21.9 Å². The summed E-state index contributed by atoms with van der Waals surface area (Å²) in [5.41, 5.74) is 4.68. The highest BCUT2D eigenvalue weighted by Crippen LogP contribution is 2.34.